The van der Waals surface area contributed by atoms with Gasteiger partial charge in [0.05, 0.1) is 0 Å². The van der Waals surface area contributed by atoms with Gasteiger partial charge in [-0.2, -0.15) is 0 Å². The summed E-state index contributed by atoms with van der Waals surface area (Å²) in [5, 5.41) is 10.9. The van der Waals surface area contributed by atoms with E-state index in [1.165, 1.54) is 0 Å². The molecule has 0 heterocycles. The lowest BCUT2D eigenvalue weighted by molar-refractivity contribution is -0.163. The van der Waals surface area contributed by atoms with E-state index in [0.29, 0.717) is 0 Å². The number of carbonyl (C=O) groups is 3. The van der Waals surface area contributed by atoms with Crippen LogP contribution in [0.5, 0.6) is 0 Å². The van der Waals surface area contributed by atoms with Crippen LogP contribution in [0.15, 0.2) is 0 Å². The van der Waals surface area contributed by atoms with Crippen LogP contribution in [0, 0.1) is 0 Å². The summed E-state index contributed by atoms with van der Waals surface area (Å²) in [6.07, 6.45) is -0.995. The first-order chi connectivity index (χ1) is 8.32. The summed E-state index contributed by atoms with van der Waals surface area (Å²) in [7, 11) is 0. The largest absolute Gasteiger partial charge is 0.479 e. The molecule has 0 saturated carbocycles. The number of ether oxygens (including phenoxy) is 2. The lowest BCUT2D eigenvalue weighted by Gasteiger charge is -2.24. The normalized spacial score (nSPS) is 13.4. The Morgan fingerprint density at radius 1 is 0.947 bits per heavy atom. The lowest BCUT2D eigenvalue weighted by atomic mass is 10.2. The molecule has 0 bridgehead atoms. The maximum absolute atomic E-state index is 11.6. The number of hydrogen-bond acceptors (Lipinski definition) is 5. The van der Waals surface area contributed by atoms with Crippen molar-refractivity contribution in [2.24, 2.45) is 0 Å². The summed E-state index contributed by atoms with van der Waals surface area (Å²) in [5.74, 6) is -2.56. The molecule has 110 valence electrons. The fourth-order valence-electron chi connectivity index (χ4n) is 1.01. The average Bonchev–Trinajstić information content (AvgIpc) is 2.07. The van der Waals surface area contributed by atoms with Crippen molar-refractivity contribution < 1.29 is 29.0 Å². The molecule has 0 aliphatic carbocycles. The second-order valence-electron chi connectivity index (χ2n) is 5.95. The predicted octanol–water partition coefficient (Wildman–Crippen LogP) is 1.31. The molecule has 0 aliphatic heterocycles. The van der Waals surface area contributed by atoms with E-state index in [0.717, 1.165) is 0 Å². The number of carbonyl (C=O) groups excluding carboxylic acids is 2. The molecule has 0 radical (unpaired) electrons. The zero-order chi connectivity index (χ0) is 15.4. The maximum atomic E-state index is 11.6. The fraction of sp³-hybridized carbons (Fsp3) is 0.750. The molecule has 0 aliphatic rings. The van der Waals surface area contributed by atoms with Crippen LogP contribution in [0.3, 0.4) is 0 Å². The van der Waals surface area contributed by atoms with Crippen molar-refractivity contribution in [1.29, 1.82) is 0 Å². The van der Waals surface area contributed by atoms with Gasteiger partial charge in [-0.25, -0.2) is 14.4 Å². The van der Waals surface area contributed by atoms with E-state index < -0.39 is 35.3 Å². The molecule has 7 heteroatoms. The maximum Gasteiger partial charge on any atom is 0.408 e. The topological polar surface area (TPSA) is 102 Å². The number of hydrogen-bond donors (Lipinski definition) is 2. The van der Waals surface area contributed by atoms with Gasteiger partial charge in [-0.1, -0.05) is 0 Å². The minimum absolute atomic E-state index is 0.791. The first kappa shape index (κ1) is 17.2. The van der Waals surface area contributed by atoms with Crippen LogP contribution in [0.4, 0.5) is 4.79 Å². The molecule has 7 nitrogen and oxygen atoms in total. The Morgan fingerprint density at radius 2 is 1.37 bits per heavy atom. The standard InChI is InChI=1S/C12H21NO6/c1-11(2,3)18-9(16)7(8(14)15)13-10(17)19-12(4,5)6/h7H,1-6H3,(H,13,17)(H,14,15). The summed E-state index contributed by atoms with van der Waals surface area (Å²) < 4.78 is 9.78. The van der Waals surface area contributed by atoms with Crippen molar-refractivity contribution in [3.05, 3.63) is 0 Å². The molecule has 0 spiro atoms. The third-order valence-electron chi connectivity index (χ3n) is 1.55. The third kappa shape index (κ3) is 8.01. The van der Waals surface area contributed by atoms with Crippen LogP contribution < -0.4 is 5.32 Å². The molecular weight excluding hydrogens is 254 g/mol. The number of nitrogens with one attached hydrogen (secondary N) is 1. The van der Waals surface area contributed by atoms with Crippen LogP contribution in [-0.2, 0) is 19.1 Å². The molecule has 2 N–H and O–H groups in total. The van der Waals surface area contributed by atoms with Gasteiger partial charge < -0.3 is 14.6 Å². The second kappa shape index (κ2) is 5.90. The molecular formula is C12H21NO6. The molecule has 1 unspecified atom stereocenters. The Morgan fingerprint density at radius 3 is 1.68 bits per heavy atom. The lowest BCUT2D eigenvalue weighted by Crippen LogP contribution is -2.50. The number of carboxylic acid groups (broad SMARTS) is 1. The highest BCUT2D eigenvalue weighted by atomic mass is 16.6. The monoisotopic (exact) mass is 275 g/mol. The van der Waals surface area contributed by atoms with Gasteiger partial charge in [0, 0.05) is 0 Å². The molecule has 1 amide bonds. The fourth-order valence-corrected chi connectivity index (χ4v) is 1.01. The van der Waals surface area contributed by atoms with Gasteiger partial charge in [0.2, 0.25) is 6.04 Å². The van der Waals surface area contributed by atoms with Crippen molar-refractivity contribution in [2.75, 3.05) is 0 Å². The van der Waals surface area contributed by atoms with Crippen LogP contribution >= 0.6 is 0 Å². The van der Waals surface area contributed by atoms with E-state index >= 15 is 0 Å². The SMILES string of the molecule is CC(C)(C)OC(=O)NC(C(=O)O)C(=O)OC(C)(C)C. The van der Waals surface area contributed by atoms with E-state index in [2.05, 4.69) is 0 Å². The molecule has 19 heavy (non-hydrogen) atoms. The minimum atomic E-state index is -1.80. The third-order valence-corrected chi connectivity index (χ3v) is 1.55. The Bertz CT molecular complexity index is 363. The van der Waals surface area contributed by atoms with Crippen LogP contribution in [0.1, 0.15) is 41.5 Å². The van der Waals surface area contributed by atoms with Gasteiger partial charge in [0.1, 0.15) is 11.2 Å². The van der Waals surface area contributed by atoms with E-state index in [1.54, 1.807) is 41.5 Å². The van der Waals surface area contributed by atoms with Gasteiger partial charge in [0.15, 0.2) is 0 Å². The second-order valence-corrected chi connectivity index (χ2v) is 5.95. The molecule has 0 fully saturated rings. The average molecular weight is 275 g/mol. The highest BCUT2D eigenvalue weighted by Crippen LogP contribution is 2.10. The summed E-state index contributed by atoms with van der Waals surface area (Å²) in [6.45, 7) is 9.65. The zero-order valence-corrected chi connectivity index (χ0v) is 12.1. The van der Waals surface area contributed by atoms with Crippen LogP contribution in [0.25, 0.3) is 0 Å². The van der Waals surface area contributed by atoms with Gasteiger partial charge in [-0.3, -0.25) is 5.32 Å². The smallest absolute Gasteiger partial charge is 0.408 e. The number of rotatable bonds is 3. The van der Waals surface area contributed by atoms with Crippen LogP contribution in [0.2, 0.25) is 0 Å². The highest BCUT2D eigenvalue weighted by molar-refractivity contribution is 6.01. The number of alkyl carbamates (subject to hydrolysis) is 1. The van der Waals surface area contributed by atoms with Gasteiger partial charge >= 0.3 is 18.0 Å². The summed E-state index contributed by atoms with van der Waals surface area (Å²) in [4.78, 5) is 34.0. The van der Waals surface area contributed by atoms with E-state index in [1.807, 2.05) is 5.32 Å². The van der Waals surface area contributed by atoms with Crippen molar-refractivity contribution in [2.45, 2.75) is 58.8 Å². The number of esters is 1. The van der Waals surface area contributed by atoms with Crippen LogP contribution in [-0.4, -0.2) is 40.4 Å². The Hall–Kier alpha value is -1.79. The predicted molar refractivity (Wildman–Crippen MR) is 66.6 cm³/mol. The van der Waals surface area contributed by atoms with Crippen molar-refractivity contribution >= 4 is 18.0 Å². The Balaban J connectivity index is 4.72. The zero-order valence-electron chi connectivity index (χ0n) is 12.1. The first-order valence-corrected chi connectivity index (χ1v) is 5.77. The van der Waals surface area contributed by atoms with Gasteiger partial charge in [0.25, 0.3) is 0 Å². The molecule has 0 aromatic heterocycles. The first-order valence-electron chi connectivity index (χ1n) is 5.77. The quantitative estimate of drug-likeness (QED) is 0.594. The molecule has 0 rings (SSSR count). The minimum Gasteiger partial charge on any atom is -0.479 e. The van der Waals surface area contributed by atoms with Crippen molar-refractivity contribution in [3.63, 3.8) is 0 Å². The number of amides is 1. The molecule has 0 aromatic carbocycles. The molecule has 0 saturated heterocycles. The summed E-state index contributed by atoms with van der Waals surface area (Å²) in [5.41, 5.74) is -1.64. The number of aliphatic carboxylic acids is 1. The number of carboxylic acids is 1. The highest BCUT2D eigenvalue weighted by Gasteiger charge is 2.33. The summed E-state index contributed by atoms with van der Waals surface area (Å²) >= 11 is 0. The van der Waals surface area contributed by atoms with E-state index in [-0.39, 0.29) is 0 Å². The molecule has 1 atom stereocenters. The van der Waals surface area contributed by atoms with Gasteiger partial charge in [-0.15, -0.1) is 0 Å². The van der Waals surface area contributed by atoms with E-state index in [9.17, 15) is 14.4 Å². The Kier molecular flexibility index (Phi) is 5.34. The van der Waals surface area contributed by atoms with E-state index in [4.69, 9.17) is 14.6 Å². The van der Waals surface area contributed by atoms with Crippen molar-refractivity contribution in [1.82, 2.24) is 5.32 Å². The molecule has 0 aromatic rings. The van der Waals surface area contributed by atoms with Crippen molar-refractivity contribution in [3.8, 4) is 0 Å². The summed E-state index contributed by atoms with van der Waals surface area (Å²) in [6, 6.07) is -1.80. The Labute approximate surface area is 112 Å². The van der Waals surface area contributed by atoms with Gasteiger partial charge in [-0.05, 0) is 41.5 Å².